The number of hydrogen-bond acceptors (Lipinski definition) is 7. The van der Waals surface area contributed by atoms with Crippen molar-refractivity contribution in [2.24, 2.45) is 17.8 Å². The van der Waals surface area contributed by atoms with E-state index in [9.17, 15) is 10.1 Å². The van der Waals surface area contributed by atoms with Gasteiger partial charge in [0, 0.05) is 24.3 Å². The minimum Gasteiger partial charge on any atom is -0.368 e. The van der Waals surface area contributed by atoms with E-state index in [0.29, 0.717) is 12.5 Å². The van der Waals surface area contributed by atoms with Gasteiger partial charge < -0.3 is 10.6 Å². The molecule has 35 heavy (non-hydrogen) atoms. The second-order valence-electron chi connectivity index (χ2n) is 10.5. The van der Waals surface area contributed by atoms with Gasteiger partial charge in [-0.1, -0.05) is 32.8 Å². The van der Waals surface area contributed by atoms with Crippen molar-refractivity contribution in [3.8, 4) is 6.07 Å². The number of rotatable bonds is 6. The van der Waals surface area contributed by atoms with E-state index in [1.807, 2.05) is 0 Å². The summed E-state index contributed by atoms with van der Waals surface area (Å²) in [7, 11) is 0. The lowest BCUT2D eigenvalue weighted by Crippen LogP contribution is -2.54. The van der Waals surface area contributed by atoms with Crippen LogP contribution in [0.4, 0.5) is 5.69 Å². The monoisotopic (exact) mass is 476 g/mol. The van der Waals surface area contributed by atoms with Gasteiger partial charge in [-0.15, -0.1) is 0 Å². The highest BCUT2D eigenvalue weighted by molar-refractivity contribution is 5.82. The first-order valence-corrected chi connectivity index (χ1v) is 12.9. The van der Waals surface area contributed by atoms with Crippen molar-refractivity contribution in [2.75, 3.05) is 11.9 Å². The van der Waals surface area contributed by atoms with Gasteiger partial charge in [0.05, 0.1) is 36.3 Å². The Morgan fingerprint density at radius 2 is 1.91 bits per heavy atom. The molecule has 3 fully saturated rings. The van der Waals surface area contributed by atoms with Gasteiger partial charge in [-0.05, 0) is 55.4 Å². The Morgan fingerprint density at radius 1 is 1.14 bits per heavy atom. The Balaban J connectivity index is 1.38. The van der Waals surface area contributed by atoms with Gasteiger partial charge in [-0.25, -0.2) is 10.4 Å². The summed E-state index contributed by atoms with van der Waals surface area (Å²) in [6, 6.07) is 9.20. The van der Waals surface area contributed by atoms with E-state index in [1.54, 1.807) is 17.2 Å². The summed E-state index contributed by atoms with van der Waals surface area (Å²) in [5, 5.41) is 27.5. The first-order valence-electron chi connectivity index (χ1n) is 12.9. The number of aryl methyl sites for hydroxylation is 1. The summed E-state index contributed by atoms with van der Waals surface area (Å²) in [5.74, 6) is 0.212. The normalized spacial score (nSPS) is 29.9. The molecule has 1 aromatic heterocycles. The van der Waals surface area contributed by atoms with Crippen molar-refractivity contribution in [3.05, 3.63) is 41.7 Å². The standard InChI is InChI=1S/C26H36N8O/c1-16(2)24(34-29-12-13-30-34)20-9-8-19(14-17(20)3)31-25-23-22(10-11-28-26(23)35)33(32-25)21-7-5-4-6-18(21)15-27/h8-9,12-14,16,18,21-25,31-32H,4-7,10-11H2,1-3H3,(H,28,35)/t18-,21+,22?,23?,24?,25?/m1/s1. The van der Waals surface area contributed by atoms with Crippen molar-refractivity contribution in [1.82, 2.24) is 30.7 Å². The van der Waals surface area contributed by atoms with E-state index in [4.69, 9.17) is 0 Å². The van der Waals surface area contributed by atoms with Gasteiger partial charge in [0.15, 0.2) is 0 Å². The van der Waals surface area contributed by atoms with Crippen molar-refractivity contribution in [1.29, 1.82) is 5.26 Å². The number of carbonyl (C=O) groups excluding carboxylic acids is 1. The third kappa shape index (κ3) is 4.53. The highest BCUT2D eigenvalue weighted by atomic mass is 16.2. The number of nitriles is 1. The van der Waals surface area contributed by atoms with Crippen LogP contribution >= 0.6 is 0 Å². The Labute approximate surface area is 207 Å². The molecule has 4 unspecified atom stereocenters. The fourth-order valence-electron chi connectivity index (χ4n) is 6.29. The van der Waals surface area contributed by atoms with Crippen LogP contribution in [0.5, 0.6) is 0 Å². The number of nitrogens with zero attached hydrogens (tertiary/aromatic N) is 5. The van der Waals surface area contributed by atoms with Gasteiger partial charge in [-0.3, -0.25) is 4.79 Å². The average Bonchev–Trinajstić information content (AvgIpc) is 3.50. The number of aromatic nitrogens is 3. The number of hydrogen-bond donors (Lipinski definition) is 3. The van der Waals surface area contributed by atoms with Crippen molar-refractivity contribution in [2.45, 2.75) is 77.2 Å². The Hall–Kier alpha value is -2.96. The Morgan fingerprint density at radius 3 is 2.63 bits per heavy atom. The SMILES string of the molecule is Cc1cc(NC2NN([C@H]3CCCC[C@@H]3C#N)C3CCNC(=O)C23)ccc1C(C(C)C)n1nccn1. The van der Waals surface area contributed by atoms with E-state index >= 15 is 0 Å². The van der Waals surface area contributed by atoms with Crippen LogP contribution in [-0.2, 0) is 4.79 Å². The maximum Gasteiger partial charge on any atom is 0.228 e. The van der Waals surface area contributed by atoms with Gasteiger partial charge >= 0.3 is 0 Å². The van der Waals surface area contributed by atoms with Crippen LogP contribution in [0.15, 0.2) is 30.6 Å². The molecule has 0 radical (unpaired) electrons. The molecule has 9 heteroatoms. The summed E-state index contributed by atoms with van der Waals surface area (Å²) < 4.78 is 0. The van der Waals surface area contributed by atoms with E-state index in [0.717, 1.165) is 43.4 Å². The number of fused-ring (bicyclic) bond motifs is 1. The van der Waals surface area contributed by atoms with Gasteiger partial charge in [0.25, 0.3) is 0 Å². The Bertz CT molecular complexity index is 1080. The van der Waals surface area contributed by atoms with Crippen LogP contribution in [0.3, 0.4) is 0 Å². The molecule has 5 rings (SSSR count). The molecular formula is C26H36N8O. The number of hydrazine groups is 1. The van der Waals surface area contributed by atoms with E-state index in [1.165, 1.54) is 5.56 Å². The zero-order valence-electron chi connectivity index (χ0n) is 20.8. The number of amides is 1. The van der Waals surface area contributed by atoms with E-state index < -0.39 is 0 Å². The first-order chi connectivity index (χ1) is 17.0. The van der Waals surface area contributed by atoms with Crippen LogP contribution in [-0.4, -0.2) is 50.7 Å². The number of benzene rings is 1. The molecule has 2 aromatic rings. The lowest BCUT2D eigenvalue weighted by atomic mass is 9.83. The summed E-state index contributed by atoms with van der Waals surface area (Å²) >= 11 is 0. The fraction of sp³-hybridized carbons (Fsp3) is 0.615. The minimum atomic E-state index is -0.222. The minimum absolute atomic E-state index is 0.00559. The van der Waals surface area contributed by atoms with Crippen LogP contribution in [0.25, 0.3) is 0 Å². The number of anilines is 1. The summed E-state index contributed by atoms with van der Waals surface area (Å²) in [4.78, 5) is 14.8. The number of piperidine rings is 1. The molecule has 9 nitrogen and oxygen atoms in total. The molecule has 6 atom stereocenters. The summed E-state index contributed by atoms with van der Waals surface area (Å²) in [6.45, 7) is 7.15. The molecule has 3 aliphatic rings. The molecule has 2 saturated heterocycles. The summed E-state index contributed by atoms with van der Waals surface area (Å²) in [5.41, 5.74) is 6.95. The van der Waals surface area contributed by atoms with Crippen LogP contribution in [0.1, 0.15) is 63.1 Å². The second-order valence-corrected chi connectivity index (χ2v) is 10.5. The third-order valence-corrected chi connectivity index (χ3v) is 7.94. The molecule has 186 valence electrons. The Kier molecular flexibility index (Phi) is 6.76. The maximum atomic E-state index is 13.0. The van der Waals surface area contributed by atoms with Gasteiger partial charge in [0.1, 0.15) is 6.17 Å². The van der Waals surface area contributed by atoms with Crippen molar-refractivity contribution < 1.29 is 4.79 Å². The fourth-order valence-corrected chi connectivity index (χ4v) is 6.29. The molecule has 3 heterocycles. The predicted octanol–water partition coefficient (Wildman–Crippen LogP) is 2.98. The summed E-state index contributed by atoms with van der Waals surface area (Å²) in [6.07, 6.45) is 8.27. The quantitative estimate of drug-likeness (QED) is 0.588. The molecule has 3 N–H and O–H groups in total. The van der Waals surface area contributed by atoms with E-state index in [2.05, 4.69) is 76.3 Å². The van der Waals surface area contributed by atoms with E-state index in [-0.39, 0.29) is 42.0 Å². The van der Waals surface area contributed by atoms with Crippen LogP contribution < -0.4 is 16.1 Å². The molecule has 1 amide bonds. The highest BCUT2D eigenvalue weighted by Gasteiger charge is 2.51. The topological polar surface area (TPSA) is 111 Å². The molecule has 0 spiro atoms. The lowest BCUT2D eigenvalue weighted by molar-refractivity contribution is -0.128. The molecule has 0 bridgehead atoms. The third-order valence-electron chi connectivity index (χ3n) is 7.94. The predicted molar refractivity (Wildman–Crippen MR) is 133 cm³/mol. The first kappa shape index (κ1) is 23.8. The largest absolute Gasteiger partial charge is 0.368 e. The van der Waals surface area contributed by atoms with Gasteiger partial charge in [-0.2, -0.15) is 20.3 Å². The highest BCUT2D eigenvalue weighted by Crippen LogP contribution is 2.37. The van der Waals surface area contributed by atoms with Crippen molar-refractivity contribution >= 4 is 11.6 Å². The van der Waals surface area contributed by atoms with Gasteiger partial charge in [0.2, 0.25) is 5.91 Å². The van der Waals surface area contributed by atoms with Crippen LogP contribution in [0, 0.1) is 36.0 Å². The molecular weight excluding hydrogens is 440 g/mol. The van der Waals surface area contributed by atoms with Crippen LogP contribution in [0.2, 0.25) is 0 Å². The zero-order valence-corrected chi connectivity index (χ0v) is 20.8. The molecule has 1 aliphatic carbocycles. The maximum absolute atomic E-state index is 13.0. The lowest BCUT2D eigenvalue weighted by Gasteiger charge is -2.39. The van der Waals surface area contributed by atoms with Crippen molar-refractivity contribution in [3.63, 3.8) is 0 Å². The average molecular weight is 477 g/mol. The zero-order chi connectivity index (χ0) is 24.5. The smallest absolute Gasteiger partial charge is 0.228 e. The molecule has 1 saturated carbocycles. The molecule has 1 aromatic carbocycles. The molecule has 2 aliphatic heterocycles. The second kappa shape index (κ2) is 9.96. The number of carbonyl (C=O) groups is 1. The number of nitrogens with one attached hydrogen (secondary N) is 3.